The van der Waals surface area contributed by atoms with Gasteiger partial charge in [0, 0.05) is 4.90 Å². The zero-order valence-corrected chi connectivity index (χ0v) is 8.31. The van der Waals surface area contributed by atoms with Crippen LogP contribution in [-0.4, -0.2) is 5.11 Å². The number of rotatable bonds is 2. The summed E-state index contributed by atoms with van der Waals surface area (Å²) in [4.78, 5) is 0.660. The minimum absolute atomic E-state index is 0.329. The van der Waals surface area contributed by atoms with E-state index in [4.69, 9.17) is 0 Å². The molecule has 1 N–H and O–H groups in total. The molecule has 1 rings (SSSR count). The molecule has 1 nitrogen and oxygen atoms in total. The number of phenols is 1. The first kappa shape index (κ1) is 9.46. The molecular formula is C10H14OS. The quantitative estimate of drug-likeness (QED) is 0.673. The van der Waals surface area contributed by atoms with Crippen molar-refractivity contribution < 1.29 is 5.11 Å². The van der Waals surface area contributed by atoms with Crippen molar-refractivity contribution in [2.24, 2.45) is 0 Å². The van der Waals surface area contributed by atoms with Gasteiger partial charge in [-0.25, -0.2) is 0 Å². The third kappa shape index (κ3) is 1.75. The van der Waals surface area contributed by atoms with Gasteiger partial charge in [0.25, 0.3) is 0 Å². The highest BCUT2D eigenvalue weighted by Crippen LogP contribution is 2.32. The molecular weight excluding hydrogens is 168 g/mol. The first-order valence-electron chi connectivity index (χ1n) is 4.17. The molecule has 0 saturated heterocycles. The number of para-hydroxylation sites is 1. The van der Waals surface area contributed by atoms with Crippen LogP contribution in [0.3, 0.4) is 0 Å². The fraction of sp³-hybridized carbons (Fsp3) is 0.400. The van der Waals surface area contributed by atoms with Crippen molar-refractivity contribution in [1.82, 2.24) is 0 Å². The second-order valence-electron chi connectivity index (χ2n) is 3.02. The maximum atomic E-state index is 9.62. The van der Waals surface area contributed by atoms with Gasteiger partial charge in [0.05, 0.1) is 0 Å². The van der Waals surface area contributed by atoms with Crippen LogP contribution >= 0.6 is 12.6 Å². The molecule has 12 heavy (non-hydrogen) atoms. The number of benzene rings is 1. The fourth-order valence-electron chi connectivity index (χ4n) is 1.17. The van der Waals surface area contributed by atoms with E-state index in [9.17, 15) is 5.11 Å². The van der Waals surface area contributed by atoms with Crippen LogP contribution in [0.5, 0.6) is 5.75 Å². The highest BCUT2D eigenvalue weighted by atomic mass is 32.1. The van der Waals surface area contributed by atoms with Gasteiger partial charge >= 0.3 is 0 Å². The van der Waals surface area contributed by atoms with Gasteiger partial charge in [-0.05, 0) is 24.0 Å². The van der Waals surface area contributed by atoms with Crippen LogP contribution in [0.25, 0.3) is 0 Å². The van der Waals surface area contributed by atoms with Crippen molar-refractivity contribution in [3.05, 3.63) is 23.8 Å². The van der Waals surface area contributed by atoms with Crippen LogP contribution in [0.4, 0.5) is 0 Å². The summed E-state index contributed by atoms with van der Waals surface area (Å²) in [5, 5.41) is 9.62. The van der Waals surface area contributed by atoms with E-state index in [2.05, 4.69) is 26.5 Å². The van der Waals surface area contributed by atoms with Gasteiger partial charge in [-0.15, -0.1) is 12.6 Å². The summed E-state index contributed by atoms with van der Waals surface area (Å²) in [6.45, 7) is 4.21. The second kappa shape index (κ2) is 3.85. The molecule has 0 aliphatic heterocycles. The summed E-state index contributed by atoms with van der Waals surface area (Å²) in [6.07, 6.45) is 1.03. The third-order valence-electron chi connectivity index (χ3n) is 2.19. The highest BCUT2D eigenvalue weighted by Gasteiger charge is 2.09. The Kier molecular flexibility index (Phi) is 3.04. The van der Waals surface area contributed by atoms with Crippen LogP contribution in [0.15, 0.2) is 23.1 Å². The van der Waals surface area contributed by atoms with E-state index in [-0.39, 0.29) is 0 Å². The molecule has 0 aliphatic carbocycles. The summed E-state index contributed by atoms with van der Waals surface area (Å²) >= 11 is 4.15. The maximum Gasteiger partial charge on any atom is 0.132 e. The summed E-state index contributed by atoms with van der Waals surface area (Å²) < 4.78 is 0. The molecule has 1 aromatic carbocycles. The Bertz CT molecular complexity index is 271. The van der Waals surface area contributed by atoms with Crippen molar-refractivity contribution in [2.75, 3.05) is 0 Å². The van der Waals surface area contributed by atoms with E-state index in [0.29, 0.717) is 16.6 Å². The van der Waals surface area contributed by atoms with Crippen molar-refractivity contribution in [2.45, 2.75) is 31.1 Å². The minimum Gasteiger partial charge on any atom is -0.506 e. The van der Waals surface area contributed by atoms with E-state index >= 15 is 0 Å². The Labute approximate surface area is 78.8 Å². The Morgan fingerprint density at radius 2 is 2.17 bits per heavy atom. The molecule has 0 bridgehead atoms. The summed E-state index contributed by atoms with van der Waals surface area (Å²) in [5.41, 5.74) is 0.991. The lowest BCUT2D eigenvalue weighted by Gasteiger charge is -2.11. The molecule has 0 radical (unpaired) electrons. The first-order valence-corrected chi connectivity index (χ1v) is 4.62. The summed E-state index contributed by atoms with van der Waals surface area (Å²) in [6, 6.07) is 5.66. The Hall–Kier alpha value is -0.630. The zero-order valence-electron chi connectivity index (χ0n) is 7.41. The number of hydrogen-bond acceptors (Lipinski definition) is 2. The van der Waals surface area contributed by atoms with E-state index in [1.807, 2.05) is 12.1 Å². The normalized spacial score (nSPS) is 12.9. The van der Waals surface area contributed by atoms with Crippen LogP contribution < -0.4 is 0 Å². The van der Waals surface area contributed by atoms with Gasteiger partial charge in [-0.1, -0.05) is 26.0 Å². The molecule has 2 heteroatoms. The molecule has 0 saturated carbocycles. The predicted octanol–water partition coefficient (Wildman–Crippen LogP) is 3.19. The predicted molar refractivity (Wildman–Crippen MR) is 54.1 cm³/mol. The molecule has 0 heterocycles. The Morgan fingerprint density at radius 1 is 1.50 bits per heavy atom. The lowest BCUT2D eigenvalue weighted by Crippen LogP contribution is -1.91. The maximum absolute atomic E-state index is 9.62. The number of thiol groups is 1. The molecule has 1 atom stereocenters. The summed E-state index contributed by atoms with van der Waals surface area (Å²) in [7, 11) is 0. The van der Waals surface area contributed by atoms with Gasteiger partial charge in [-0.3, -0.25) is 0 Å². The number of aromatic hydroxyl groups is 1. The van der Waals surface area contributed by atoms with Crippen LogP contribution in [0.2, 0.25) is 0 Å². The number of phenolic OH excluding ortho intramolecular Hbond substituents is 1. The van der Waals surface area contributed by atoms with Gasteiger partial charge in [-0.2, -0.15) is 0 Å². The fourth-order valence-corrected chi connectivity index (χ4v) is 1.38. The zero-order chi connectivity index (χ0) is 9.14. The first-order chi connectivity index (χ1) is 5.66. The van der Waals surface area contributed by atoms with Crippen molar-refractivity contribution in [1.29, 1.82) is 0 Å². The van der Waals surface area contributed by atoms with Crippen molar-refractivity contribution in [3.63, 3.8) is 0 Å². The highest BCUT2D eigenvalue weighted by molar-refractivity contribution is 7.80. The minimum atomic E-state index is 0.329. The molecule has 66 valence electrons. The van der Waals surface area contributed by atoms with Crippen LogP contribution in [0.1, 0.15) is 31.7 Å². The average Bonchev–Trinajstić information content (AvgIpc) is 2.08. The largest absolute Gasteiger partial charge is 0.506 e. The SMILES string of the molecule is CCC(C)c1cccc(S)c1O. The standard InChI is InChI=1S/C10H14OS/c1-3-7(2)8-5-4-6-9(12)10(8)11/h4-7,11-12H,3H2,1-2H3. The smallest absolute Gasteiger partial charge is 0.132 e. The molecule has 1 aromatic rings. The van der Waals surface area contributed by atoms with Gasteiger partial charge in [0.2, 0.25) is 0 Å². The van der Waals surface area contributed by atoms with Crippen LogP contribution in [-0.2, 0) is 0 Å². The monoisotopic (exact) mass is 182 g/mol. The topological polar surface area (TPSA) is 20.2 Å². The van der Waals surface area contributed by atoms with E-state index in [0.717, 1.165) is 12.0 Å². The second-order valence-corrected chi connectivity index (χ2v) is 3.51. The van der Waals surface area contributed by atoms with Gasteiger partial charge in [0.1, 0.15) is 5.75 Å². The Balaban J connectivity index is 3.07. The molecule has 0 aliphatic rings. The van der Waals surface area contributed by atoms with Crippen LogP contribution in [0, 0.1) is 0 Å². The third-order valence-corrected chi connectivity index (χ3v) is 2.55. The summed E-state index contributed by atoms with van der Waals surface area (Å²) in [5.74, 6) is 0.729. The number of hydrogen-bond donors (Lipinski definition) is 2. The Morgan fingerprint density at radius 3 is 2.75 bits per heavy atom. The van der Waals surface area contributed by atoms with Gasteiger partial charge in [0.15, 0.2) is 0 Å². The van der Waals surface area contributed by atoms with Crippen molar-refractivity contribution >= 4 is 12.6 Å². The molecule has 0 spiro atoms. The van der Waals surface area contributed by atoms with Gasteiger partial charge < -0.3 is 5.11 Å². The van der Waals surface area contributed by atoms with E-state index in [1.54, 1.807) is 6.07 Å². The average molecular weight is 182 g/mol. The lowest BCUT2D eigenvalue weighted by molar-refractivity contribution is 0.449. The molecule has 1 unspecified atom stereocenters. The van der Waals surface area contributed by atoms with E-state index in [1.165, 1.54) is 0 Å². The van der Waals surface area contributed by atoms with Crippen molar-refractivity contribution in [3.8, 4) is 5.75 Å². The van der Waals surface area contributed by atoms with E-state index < -0.39 is 0 Å². The lowest BCUT2D eigenvalue weighted by atomic mass is 9.98. The molecule has 0 aromatic heterocycles. The molecule has 0 amide bonds. The molecule has 0 fully saturated rings.